The zero-order valence-corrected chi connectivity index (χ0v) is 8.39. The summed E-state index contributed by atoms with van der Waals surface area (Å²) in [5.41, 5.74) is 0.277. The van der Waals surface area contributed by atoms with Crippen molar-refractivity contribution >= 4 is 33.2 Å². The van der Waals surface area contributed by atoms with Gasteiger partial charge in [0.15, 0.2) is 0 Å². The standard InChI is InChI=1S/C6H4BrClN2O2/c1-3-5(10(11)12)2-4(8)6(7)9-3/h2H,1H3. The average Bonchev–Trinajstić information content (AvgIpc) is 1.96. The number of aromatic nitrogens is 1. The minimum absolute atomic E-state index is 0.0665. The van der Waals surface area contributed by atoms with Gasteiger partial charge in [0.05, 0.1) is 9.95 Å². The predicted octanol–water partition coefficient (Wildman–Crippen LogP) is 2.71. The minimum Gasteiger partial charge on any atom is -0.258 e. The lowest BCUT2D eigenvalue weighted by molar-refractivity contribution is -0.385. The van der Waals surface area contributed by atoms with Crippen LogP contribution in [0.4, 0.5) is 5.69 Å². The molecular formula is C6H4BrClN2O2. The van der Waals surface area contributed by atoms with Gasteiger partial charge >= 0.3 is 0 Å². The summed E-state index contributed by atoms with van der Waals surface area (Å²) in [6.07, 6.45) is 0. The molecule has 0 aliphatic heterocycles. The third-order valence-electron chi connectivity index (χ3n) is 1.29. The molecule has 0 fully saturated rings. The maximum atomic E-state index is 10.4. The van der Waals surface area contributed by atoms with Crippen LogP contribution in [0.2, 0.25) is 5.02 Å². The van der Waals surface area contributed by atoms with E-state index in [-0.39, 0.29) is 10.7 Å². The van der Waals surface area contributed by atoms with Crippen LogP contribution in [0, 0.1) is 17.0 Å². The molecule has 1 aromatic rings. The van der Waals surface area contributed by atoms with Crippen LogP contribution in [0.1, 0.15) is 5.69 Å². The number of hydrogen-bond donors (Lipinski definition) is 0. The van der Waals surface area contributed by atoms with Crippen LogP contribution in [0.15, 0.2) is 10.7 Å². The number of aryl methyl sites for hydroxylation is 1. The van der Waals surface area contributed by atoms with E-state index in [1.54, 1.807) is 6.92 Å². The molecule has 0 aromatic carbocycles. The number of hydrogen-bond acceptors (Lipinski definition) is 3. The van der Waals surface area contributed by atoms with Gasteiger partial charge in [0.25, 0.3) is 5.69 Å². The van der Waals surface area contributed by atoms with E-state index in [0.717, 1.165) is 0 Å². The van der Waals surface area contributed by atoms with Gasteiger partial charge in [-0.2, -0.15) is 0 Å². The lowest BCUT2D eigenvalue weighted by atomic mass is 10.3. The van der Waals surface area contributed by atoms with Gasteiger partial charge in [0, 0.05) is 6.07 Å². The number of nitrogens with zero attached hydrogens (tertiary/aromatic N) is 2. The summed E-state index contributed by atoms with van der Waals surface area (Å²) in [4.78, 5) is 13.7. The zero-order valence-electron chi connectivity index (χ0n) is 6.04. The monoisotopic (exact) mass is 250 g/mol. The lowest BCUT2D eigenvalue weighted by Gasteiger charge is -1.98. The van der Waals surface area contributed by atoms with E-state index in [0.29, 0.717) is 10.3 Å². The van der Waals surface area contributed by atoms with Gasteiger partial charge in [-0.25, -0.2) is 4.98 Å². The first-order chi connectivity index (χ1) is 5.52. The zero-order chi connectivity index (χ0) is 9.30. The Kier molecular flexibility index (Phi) is 2.64. The molecule has 0 radical (unpaired) electrons. The van der Waals surface area contributed by atoms with Crippen LogP contribution >= 0.6 is 27.5 Å². The van der Waals surface area contributed by atoms with E-state index in [9.17, 15) is 10.1 Å². The van der Waals surface area contributed by atoms with Gasteiger partial charge in [-0.3, -0.25) is 10.1 Å². The topological polar surface area (TPSA) is 56.0 Å². The first-order valence-corrected chi connectivity index (χ1v) is 4.16. The fourth-order valence-corrected chi connectivity index (χ4v) is 1.25. The quantitative estimate of drug-likeness (QED) is 0.438. The average molecular weight is 251 g/mol. The Morgan fingerprint density at radius 1 is 1.75 bits per heavy atom. The van der Waals surface area contributed by atoms with Crippen molar-refractivity contribution in [1.29, 1.82) is 0 Å². The largest absolute Gasteiger partial charge is 0.292 e. The molecule has 6 heteroatoms. The molecule has 0 spiro atoms. The molecule has 1 aromatic heterocycles. The molecular weight excluding hydrogens is 247 g/mol. The first-order valence-electron chi connectivity index (χ1n) is 2.99. The third kappa shape index (κ3) is 1.73. The highest BCUT2D eigenvalue weighted by molar-refractivity contribution is 9.10. The van der Waals surface area contributed by atoms with Crippen LogP contribution in [0.25, 0.3) is 0 Å². The van der Waals surface area contributed by atoms with Crippen LogP contribution in [0.3, 0.4) is 0 Å². The number of halogens is 2. The van der Waals surface area contributed by atoms with Gasteiger partial charge < -0.3 is 0 Å². The molecule has 0 saturated heterocycles. The maximum Gasteiger partial charge on any atom is 0.292 e. The Morgan fingerprint density at radius 3 is 2.83 bits per heavy atom. The highest BCUT2D eigenvalue weighted by Crippen LogP contribution is 2.26. The lowest BCUT2D eigenvalue weighted by Crippen LogP contribution is -1.94. The first kappa shape index (κ1) is 9.41. The van der Waals surface area contributed by atoms with Crippen LogP contribution in [-0.2, 0) is 0 Å². The fourth-order valence-electron chi connectivity index (χ4n) is 0.727. The van der Waals surface area contributed by atoms with Gasteiger partial charge in [-0.1, -0.05) is 11.6 Å². The van der Waals surface area contributed by atoms with Crippen molar-refractivity contribution in [3.05, 3.63) is 31.5 Å². The van der Waals surface area contributed by atoms with E-state index in [1.165, 1.54) is 6.07 Å². The molecule has 4 nitrogen and oxygen atoms in total. The summed E-state index contributed by atoms with van der Waals surface area (Å²) in [5.74, 6) is 0. The summed E-state index contributed by atoms with van der Waals surface area (Å²) in [6, 6.07) is 1.27. The van der Waals surface area contributed by atoms with Crippen LogP contribution in [-0.4, -0.2) is 9.91 Å². The number of pyridine rings is 1. The Bertz CT molecular complexity index is 343. The molecule has 12 heavy (non-hydrogen) atoms. The highest BCUT2D eigenvalue weighted by atomic mass is 79.9. The van der Waals surface area contributed by atoms with Crippen molar-refractivity contribution in [2.24, 2.45) is 0 Å². The van der Waals surface area contributed by atoms with Crippen LogP contribution in [0.5, 0.6) is 0 Å². The molecule has 0 atom stereocenters. The molecule has 0 amide bonds. The third-order valence-corrected chi connectivity index (χ3v) is 2.41. The normalized spacial score (nSPS) is 9.92. The molecule has 64 valence electrons. The highest BCUT2D eigenvalue weighted by Gasteiger charge is 2.14. The van der Waals surface area contributed by atoms with Crippen molar-refractivity contribution in [2.75, 3.05) is 0 Å². The van der Waals surface area contributed by atoms with Crippen molar-refractivity contribution in [3.8, 4) is 0 Å². The second kappa shape index (κ2) is 3.37. The maximum absolute atomic E-state index is 10.4. The number of nitro groups is 1. The Labute approximate surface area is 81.8 Å². The Morgan fingerprint density at radius 2 is 2.33 bits per heavy atom. The van der Waals surface area contributed by atoms with Crippen molar-refractivity contribution in [1.82, 2.24) is 4.98 Å². The number of rotatable bonds is 1. The SMILES string of the molecule is Cc1nc(Br)c(Cl)cc1[N+](=O)[O-]. The van der Waals surface area contributed by atoms with Crippen LogP contribution < -0.4 is 0 Å². The summed E-state index contributed by atoms with van der Waals surface area (Å²) >= 11 is 8.68. The molecule has 0 saturated carbocycles. The van der Waals surface area contributed by atoms with Gasteiger partial charge in [0.2, 0.25) is 0 Å². The molecule has 0 aliphatic rings. The van der Waals surface area contributed by atoms with E-state index < -0.39 is 4.92 Å². The summed E-state index contributed by atoms with van der Waals surface area (Å²) in [7, 11) is 0. The van der Waals surface area contributed by atoms with Gasteiger partial charge in [-0.15, -0.1) is 0 Å². The second-order valence-electron chi connectivity index (χ2n) is 2.12. The van der Waals surface area contributed by atoms with E-state index in [1.807, 2.05) is 0 Å². The summed E-state index contributed by atoms with van der Waals surface area (Å²) in [6.45, 7) is 1.55. The van der Waals surface area contributed by atoms with Gasteiger partial charge in [-0.05, 0) is 22.9 Å². The minimum atomic E-state index is -0.513. The fraction of sp³-hybridized carbons (Fsp3) is 0.167. The predicted molar refractivity (Wildman–Crippen MR) is 48.3 cm³/mol. The van der Waals surface area contributed by atoms with E-state index >= 15 is 0 Å². The summed E-state index contributed by atoms with van der Waals surface area (Å²) in [5, 5.41) is 10.6. The Hall–Kier alpha value is -0.680. The molecule has 1 heterocycles. The molecule has 0 unspecified atom stereocenters. The van der Waals surface area contributed by atoms with Crippen molar-refractivity contribution in [3.63, 3.8) is 0 Å². The molecule has 0 bridgehead atoms. The van der Waals surface area contributed by atoms with Crippen molar-refractivity contribution < 1.29 is 4.92 Å². The van der Waals surface area contributed by atoms with E-state index in [4.69, 9.17) is 11.6 Å². The molecule has 1 rings (SSSR count). The smallest absolute Gasteiger partial charge is 0.258 e. The molecule has 0 aliphatic carbocycles. The Balaban J connectivity index is 3.33. The van der Waals surface area contributed by atoms with Crippen molar-refractivity contribution in [2.45, 2.75) is 6.92 Å². The summed E-state index contributed by atoms with van der Waals surface area (Å²) < 4.78 is 0.423. The molecule has 0 N–H and O–H groups in total. The van der Waals surface area contributed by atoms with Gasteiger partial charge in [0.1, 0.15) is 10.3 Å². The van der Waals surface area contributed by atoms with E-state index in [2.05, 4.69) is 20.9 Å². The second-order valence-corrected chi connectivity index (χ2v) is 3.28.